The van der Waals surface area contributed by atoms with E-state index in [-0.39, 0.29) is 11.7 Å². The third-order valence-electron chi connectivity index (χ3n) is 3.98. The van der Waals surface area contributed by atoms with E-state index < -0.39 is 0 Å². The molecule has 29 heavy (non-hydrogen) atoms. The molecule has 148 valence electrons. The molecule has 7 nitrogen and oxygen atoms in total. The molecule has 3 heterocycles. The minimum absolute atomic E-state index is 0.142. The lowest BCUT2D eigenvalue weighted by Gasteiger charge is -2.05. The number of furan rings is 1. The lowest BCUT2D eigenvalue weighted by Crippen LogP contribution is -2.14. The zero-order valence-electron chi connectivity index (χ0n) is 15.3. The summed E-state index contributed by atoms with van der Waals surface area (Å²) in [6.45, 7) is 2.66. The minimum Gasteiger partial charge on any atom is -0.446 e. The van der Waals surface area contributed by atoms with Crippen LogP contribution in [0.2, 0.25) is 0 Å². The van der Waals surface area contributed by atoms with Crippen molar-refractivity contribution in [1.29, 1.82) is 0 Å². The Hall–Kier alpha value is -2.43. The topological polar surface area (TPSA) is 85.8 Å². The molecule has 1 N–H and O–H groups in total. The van der Waals surface area contributed by atoms with Gasteiger partial charge in [-0.2, -0.15) is 0 Å². The number of rotatable bonds is 7. The van der Waals surface area contributed by atoms with Crippen LogP contribution >= 0.6 is 39.0 Å². The molecule has 0 unspecified atom stereocenters. The summed E-state index contributed by atoms with van der Waals surface area (Å²) in [5, 5.41) is 14.4. The van der Waals surface area contributed by atoms with E-state index in [1.54, 1.807) is 0 Å². The predicted molar refractivity (Wildman–Crippen MR) is 118 cm³/mol. The number of nitrogens with zero attached hydrogens (tertiary/aromatic N) is 4. The molecule has 0 fully saturated rings. The van der Waals surface area contributed by atoms with E-state index in [1.165, 1.54) is 23.1 Å². The van der Waals surface area contributed by atoms with Crippen LogP contribution in [0.25, 0.3) is 22.8 Å². The van der Waals surface area contributed by atoms with Crippen molar-refractivity contribution in [3.05, 3.63) is 52.5 Å². The van der Waals surface area contributed by atoms with E-state index in [4.69, 9.17) is 4.42 Å². The van der Waals surface area contributed by atoms with Gasteiger partial charge in [-0.3, -0.25) is 9.36 Å². The van der Waals surface area contributed by atoms with Crippen LogP contribution in [-0.4, -0.2) is 31.4 Å². The number of hydrogen-bond acceptors (Lipinski definition) is 7. The molecule has 0 bridgehead atoms. The Labute approximate surface area is 183 Å². The first-order chi connectivity index (χ1) is 14.1. The molecule has 0 saturated heterocycles. The van der Waals surface area contributed by atoms with Crippen molar-refractivity contribution in [1.82, 2.24) is 19.7 Å². The number of aromatic nitrogens is 4. The summed E-state index contributed by atoms with van der Waals surface area (Å²) in [7, 11) is 0. The summed E-state index contributed by atoms with van der Waals surface area (Å²) >= 11 is 6.02. The molecule has 3 aromatic heterocycles. The summed E-state index contributed by atoms with van der Waals surface area (Å²) in [6, 6.07) is 13.5. The number of carbonyl (C=O) groups excluding carboxylic acids is 1. The van der Waals surface area contributed by atoms with E-state index in [9.17, 15) is 4.79 Å². The quantitative estimate of drug-likeness (QED) is 0.360. The van der Waals surface area contributed by atoms with Gasteiger partial charge in [-0.1, -0.05) is 42.1 Å². The lowest BCUT2D eigenvalue weighted by molar-refractivity contribution is -0.113. The fourth-order valence-corrected chi connectivity index (χ4v) is 4.50. The highest BCUT2D eigenvalue weighted by Crippen LogP contribution is 2.28. The molecule has 4 aromatic rings. The summed E-state index contributed by atoms with van der Waals surface area (Å²) in [6.07, 6.45) is 0. The van der Waals surface area contributed by atoms with E-state index in [2.05, 4.69) is 36.4 Å². The molecule has 0 radical (unpaired) electrons. The predicted octanol–water partition coefficient (Wildman–Crippen LogP) is 5.17. The Balaban J connectivity index is 1.39. The maximum absolute atomic E-state index is 12.4. The second-order valence-corrected chi connectivity index (χ2v) is 8.48. The smallest absolute Gasteiger partial charge is 0.236 e. The first kappa shape index (κ1) is 19.9. The molecule has 10 heteroatoms. The molecule has 0 saturated carbocycles. The number of nitrogens with one attached hydrogen (secondary N) is 1. The maximum Gasteiger partial charge on any atom is 0.236 e. The Morgan fingerprint density at radius 3 is 2.79 bits per heavy atom. The van der Waals surface area contributed by atoms with Gasteiger partial charge in [0.2, 0.25) is 11.7 Å². The number of halogens is 1. The van der Waals surface area contributed by atoms with Crippen molar-refractivity contribution < 1.29 is 9.21 Å². The van der Waals surface area contributed by atoms with Gasteiger partial charge in [0, 0.05) is 17.5 Å². The number of amides is 1. The summed E-state index contributed by atoms with van der Waals surface area (Å²) in [4.78, 5) is 16.8. The van der Waals surface area contributed by atoms with Gasteiger partial charge in [0.25, 0.3) is 0 Å². The van der Waals surface area contributed by atoms with Crippen molar-refractivity contribution in [3.63, 3.8) is 0 Å². The molecule has 1 aromatic carbocycles. The molecule has 0 aliphatic rings. The maximum atomic E-state index is 12.4. The molecule has 1 amide bonds. The SMILES string of the molecule is CCn1c(SCC(=O)Nc2nc(-c3ccccc3)cs2)nnc1-c1ccc(Br)o1. The summed E-state index contributed by atoms with van der Waals surface area (Å²) in [5.41, 5.74) is 1.87. The molecule has 0 aliphatic heterocycles. The van der Waals surface area contributed by atoms with Gasteiger partial charge < -0.3 is 9.73 Å². The number of anilines is 1. The summed E-state index contributed by atoms with van der Waals surface area (Å²) < 4.78 is 8.11. The molecule has 0 spiro atoms. The van der Waals surface area contributed by atoms with Gasteiger partial charge in [0.15, 0.2) is 20.7 Å². The highest BCUT2D eigenvalue weighted by Gasteiger charge is 2.17. The first-order valence-corrected chi connectivity index (χ1v) is 11.4. The fraction of sp³-hybridized carbons (Fsp3) is 0.158. The average molecular weight is 490 g/mol. The highest BCUT2D eigenvalue weighted by molar-refractivity contribution is 9.10. The van der Waals surface area contributed by atoms with Crippen LogP contribution in [0.4, 0.5) is 5.13 Å². The fourth-order valence-electron chi connectivity index (χ4n) is 2.66. The van der Waals surface area contributed by atoms with Crippen molar-refractivity contribution in [2.24, 2.45) is 0 Å². The number of thioether (sulfide) groups is 1. The second kappa shape index (κ2) is 8.93. The van der Waals surface area contributed by atoms with Crippen LogP contribution in [0.1, 0.15) is 6.92 Å². The Kier molecular flexibility index (Phi) is 6.12. The standard InChI is InChI=1S/C19H16BrN5O2S2/c1-2-25-17(14-8-9-15(20)27-14)23-24-19(25)29-11-16(26)22-18-21-13(10-28-18)12-6-4-3-5-7-12/h3-10H,2,11H2,1H3,(H,21,22,26). The van der Waals surface area contributed by atoms with E-state index in [1.807, 2.05) is 59.3 Å². The molecule has 0 atom stereocenters. The highest BCUT2D eigenvalue weighted by atomic mass is 79.9. The van der Waals surface area contributed by atoms with Crippen LogP contribution in [0.5, 0.6) is 0 Å². The van der Waals surface area contributed by atoms with Crippen LogP contribution in [0.15, 0.2) is 62.1 Å². The largest absolute Gasteiger partial charge is 0.446 e. The Bertz CT molecular complexity index is 1120. The van der Waals surface area contributed by atoms with Crippen LogP contribution in [0, 0.1) is 0 Å². The third kappa shape index (κ3) is 4.60. The van der Waals surface area contributed by atoms with Crippen molar-refractivity contribution in [2.75, 3.05) is 11.1 Å². The van der Waals surface area contributed by atoms with Gasteiger partial charge in [0.05, 0.1) is 11.4 Å². The van der Waals surface area contributed by atoms with Crippen LogP contribution in [0.3, 0.4) is 0 Å². The monoisotopic (exact) mass is 489 g/mol. The number of thiazole rings is 1. The van der Waals surface area contributed by atoms with Crippen LogP contribution in [-0.2, 0) is 11.3 Å². The van der Waals surface area contributed by atoms with E-state index >= 15 is 0 Å². The van der Waals surface area contributed by atoms with Crippen LogP contribution < -0.4 is 5.32 Å². The third-order valence-corrected chi connectivity index (χ3v) is 6.13. The number of benzene rings is 1. The molecular weight excluding hydrogens is 474 g/mol. The number of carbonyl (C=O) groups is 1. The lowest BCUT2D eigenvalue weighted by atomic mass is 10.2. The second-order valence-electron chi connectivity index (χ2n) is 5.89. The minimum atomic E-state index is -0.142. The van der Waals surface area contributed by atoms with Gasteiger partial charge in [-0.05, 0) is 35.0 Å². The Morgan fingerprint density at radius 2 is 2.07 bits per heavy atom. The molecular formula is C19H16BrN5O2S2. The van der Waals surface area contributed by atoms with Crippen molar-refractivity contribution in [3.8, 4) is 22.8 Å². The average Bonchev–Trinajstić information content (AvgIpc) is 3.46. The number of hydrogen-bond donors (Lipinski definition) is 1. The van der Waals surface area contributed by atoms with Gasteiger partial charge in [-0.25, -0.2) is 4.98 Å². The normalized spacial score (nSPS) is 11.0. The van der Waals surface area contributed by atoms with Gasteiger partial charge >= 0.3 is 0 Å². The van der Waals surface area contributed by atoms with Crippen molar-refractivity contribution >= 4 is 50.1 Å². The van der Waals surface area contributed by atoms with Gasteiger partial charge in [-0.15, -0.1) is 21.5 Å². The van der Waals surface area contributed by atoms with E-state index in [0.29, 0.717) is 33.1 Å². The summed E-state index contributed by atoms with van der Waals surface area (Å²) in [5.74, 6) is 1.32. The molecule has 0 aliphatic carbocycles. The van der Waals surface area contributed by atoms with Crippen molar-refractivity contribution in [2.45, 2.75) is 18.6 Å². The first-order valence-electron chi connectivity index (χ1n) is 8.76. The van der Waals surface area contributed by atoms with Gasteiger partial charge in [0.1, 0.15) is 0 Å². The zero-order valence-corrected chi connectivity index (χ0v) is 18.6. The molecule has 4 rings (SSSR count). The zero-order chi connectivity index (χ0) is 20.2. The Morgan fingerprint density at radius 1 is 1.24 bits per heavy atom. The van der Waals surface area contributed by atoms with E-state index in [0.717, 1.165) is 11.3 Å².